The zero-order valence-electron chi connectivity index (χ0n) is 11.7. The lowest BCUT2D eigenvalue weighted by atomic mass is 10.1. The number of halogens is 1. The van der Waals surface area contributed by atoms with Crippen LogP contribution in [0.2, 0.25) is 0 Å². The average molecular weight is 320 g/mol. The lowest BCUT2D eigenvalue weighted by Crippen LogP contribution is -2.12. The van der Waals surface area contributed by atoms with Crippen LogP contribution in [0.5, 0.6) is 5.75 Å². The molecule has 6 heteroatoms. The van der Waals surface area contributed by atoms with Crippen molar-refractivity contribution in [3.05, 3.63) is 58.0 Å². The molecule has 0 unspecified atom stereocenters. The van der Waals surface area contributed by atoms with Gasteiger partial charge in [0.2, 0.25) is 0 Å². The van der Waals surface area contributed by atoms with Crippen molar-refractivity contribution >= 4 is 29.2 Å². The fraction of sp³-hybridized carbons (Fsp3) is 0.125. The van der Waals surface area contributed by atoms with Crippen LogP contribution in [0.1, 0.15) is 15.9 Å². The van der Waals surface area contributed by atoms with E-state index < -0.39 is 24.2 Å². The number of methoxy groups -OCH3 is 1. The van der Waals surface area contributed by atoms with E-state index >= 15 is 0 Å². The fourth-order valence-electron chi connectivity index (χ4n) is 1.64. The number of thiophene rings is 1. The molecule has 0 N–H and O–H groups in total. The molecule has 0 aliphatic carbocycles. The third kappa shape index (κ3) is 4.26. The van der Waals surface area contributed by atoms with E-state index in [1.807, 2.05) is 16.8 Å². The summed E-state index contributed by atoms with van der Waals surface area (Å²) < 4.78 is 23.1. The minimum Gasteiger partial charge on any atom is -0.494 e. The highest BCUT2D eigenvalue weighted by Crippen LogP contribution is 2.18. The first-order valence-corrected chi connectivity index (χ1v) is 7.28. The van der Waals surface area contributed by atoms with Gasteiger partial charge >= 0.3 is 5.97 Å². The molecule has 22 heavy (non-hydrogen) atoms. The maximum absolute atomic E-state index is 13.5. The van der Waals surface area contributed by atoms with Gasteiger partial charge in [0.25, 0.3) is 0 Å². The minimum absolute atomic E-state index is 0.0484. The normalized spacial score (nSPS) is 10.6. The zero-order chi connectivity index (χ0) is 15.9. The summed E-state index contributed by atoms with van der Waals surface area (Å²) in [6, 6.07) is 5.66. The number of carbonyl (C=O) groups excluding carboxylic acids is 2. The number of carbonyl (C=O) groups is 2. The second kappa shape index (κ2) is 7.51. The summed E-state index contributed by atoms with van der Waals surface area (Å²) in [7, 11) is 1.33. The van der Waals surface area contributed by atoms with Crippen molar-refractivity contribution in [3.8, 4) is 5.75 Å². The highest BCUT2D eigenvalue weighted by Gasteiger charge is 2.11. The largest absolute Gasteiger partial charge is 0.494 e. The van der Waals surface area contributed by atoms with Crippen LogP contribution in [0.4, 0.5) is 4.39 Å². The molecule has 0 aliphatic rings. The summed E-state index contributed by atoms with van der Waals surface area (Å²) in [5, 5.41) is 3.75. The Morgan fingerprint density at radius 1 is 1.32 bits per heavy atom. The molecule has 2 aromatic rings. The number of hydrogen-bond acceptors (Lipinski definition) is 5. The molecule has 0 saturated carbocycles. The molecule has 2 rings (SSSR count). The van der Waals surface area contributed by atoms with Gasteiger partial charge in [-0.2, -0.15) is 11.3 Å². The Morgan fingerprint density at radius 3 is 2.77 bits per heavy atom. The minimum atomic E-state index is -0.642. The summed E-state index contributed by atoms with van der Waals surface area (Å²) in [4.78, 5) is 23.3. The van der Waals surface area contributed by atoms with Crippen molar-refractivity contribution in [2.24, 2.45) is 0 Å². The Labute approximate surface area is 130 Å². The Hall–Kier alpha value is -2.47. The van der Waals surface area contributed by atoms with Crippen molar-refractivity contribution in [3.63, 3.8) is 0 Å². The predicted octanol–water partition coefficient (Wildman–Crippen LogP) is 3.34. The van der Waals surface area contributed by atoms with E-state index in [0.29, 0.717) is 0 Å². The van der Waals surface area contributed by atoms with Crippen molar-refractivity contribution < 1.29 is 23.5 Å². The van der Waals surface area contributed by atoms with E-state index in [-0.39, 0.29) is 11.3 Å². The van der Waals surface area contributed by atoms with Gasteiger partial charge in [-0.1, -0.05) is 0 Å². The van der Waals surface area contributed by atoms with Crippen LogP contribution in [0.15, 0.2) is 41.1 Å². The molecule has 0 radical (unpaired) electrons. The molecule has 1 aromatic heterocycles. The molecule has 0 atom stereocenters. The van der Waals surface area contributed by atoms with Crippen molar-refractivity contribution in [1.82, 2.24) is 0 Å². The number of esters is 1. The van der Waals surface area contributed by atoms with Crippen LogP contribution in [-0.2, 0) is 9.53 Å². The lowest BCUT2D eigenvalue weighted by Gasteiger charge is -2.05. The summed E-state index contributed by atoms with van der Waals surface area (Å²) >= 11 is 1.51. The van der Waals surface area contributed by atoms with Crippen LogP contribution < -0.4 is 4.74 Å². The molecule has 1 heterocycles. The summed E-state index contributed by atoms with van der Waals surface area (Å²) in [5.74, 6) is -1.71. The van der Waals surface area contributed by atoms with E-state index in [4.69, 9.17) is 9.47 Å². The van der Waals surface area contributed by atoms with Gasteiger partial charge in [0.1, 0.15) is 0 Å². The van der Waals surface area contributed by atoms with E-state index in [0.717, 1.165) is 11.6 Å². The van der Waals surface area contributed by atoms with E-state index in [1.165, 1.54) is 36.7 Å². The molecule has 1 aromatic carbocycles. The van der Waals surface area contributed by atoms with Crippen LogP contribution >= 0.6 is 11.3 Å². The number of Topliss-reactive ketones (excluding diaryl/α,β-unsaturated/α-hetero) is 1. The molecule has 0 saturated heterocycles. The van der Waals surface area contributed by atoms with Crippen LogP contribution in [-0.4, -0.2) is 25.5 Å². The highest BCUT2D eigenvalue weighted by molar-refractivity contribution is 7.08. The lowest BCUT2D eigenvalue weighted by molar-refractivity contribution is -0.136. The molecule has 0 amide bonds. The van der Waals surface area contributed by atoms with E-state index in [2.05, 4.69) is 0 Å². The van der Waals surface area contributed by atoms with Gasteiger partial charge in [-0.25, -0.2) is 9.18 Å². The number of hydrogen-bond donors (Lipinski definition) is 0. The topological polar surface area (TPSA) is 52.6 Å². The van der Waals surface area contributed by atoms with Crippen LogP contribution in [0.25, 0.3) is 6.08 Å². The molecular formula is C16H13FO4S. The van der Waals surface area contributed by atoms with Crippen molar-refractivity contribution in [1.29, 1.82) is 0 Å². The van der Waals surface area contributed by atoms with Gasteiger partial charge in [0.05, 0.1) is 7.11 Å². The van der Waals surface area contributed by atoms with Crippen molar-refractivity contribution in [2.75, 3.05) is 13.7 Å². The maximum Gasteiger partial charge on any atom is 0.331 e. The SMILES string of the molecule is COc1ccc(C(=O)COC(=O)/C=C/c2ccsc2)cc1F. The van der Waals surface area contributed by atoms with Gasteiger partial charge in [-0.3, -0.25) is 4.79 Å². The molecule has 0 spiro atoms. The van der Waals surface area contributed by atoms with E-state index in [1.54, 1.807) is 6.08 Å². The Balaban J connectivity index is 1.89. The Bertz CT molecular complexity index is 692. The smallest absolute Gasteiger partial charge is 0.331 e. The zero-order valence-corrected chi connectivity index (χ0v) is 12.6. The van der Waals surface area contributed by atoms with Crippen molar-refractivity contribution in [2.45, 2.75) is 0 Å². The molecule has 114 valence electrons. The standard InChI is InChI=1S/C16H13FO4S/c1-20-15-4-3-12(8-13(15)17)14(18)9-21-16(19)5-2-11-6-7-22-10-11/h2-8,10H,9H2,1H3/b5-2+. The molecular weight excluding hydrogens is 307 g/mol. The Morgan fingerprint density at radius 2 is 2.14 bits per heavy atom. The second-order valence-electron chi connectivity index (χ2n) is 4.27. The first-order valence-electron chi connectivity index (χ1n) is 6.34. The van der Waals surface area contributed by atoms with Gasteiger partial charge in [0, 0.05) is 11.6 Å². The Kier molecular flexibility index (Phi) is 5.43. The first kappa shape index (κ1) is 15.9. The summed E-state index contributed by atoms with van der Waals surface area (Å²) in [6.07, 6.45) is 2.83. The predicted molar refractivity (Wildman–Crippen MR) is 81.6 cm³/mol. The third-order valence-corrected chi connectivity index (χ3v) is 3.48. The van der Waals surface area contributed by atoms with Gasteiger partial charge < -0.3 is 9.47 Å². The van der Waals surface area contributed by atoms with Gasteiger partial charge in [-0.15, -0.1) is 0 Å². The van der Waals surface area contributed by atoms with E-state index in [9.17, 15) is 14.0 Å². The summed E-state index contributed by atoms with van der Waals surface area (Å²) in [6.45, 7) is -0.446. The maximum atomic E-state index is 13.5. The third-order valence-electron chi connectivity index (χ3n) is 2.77. The molecule has 0 fully saturated rings. The number of benzene rings is 1. The van der Waals surface area contributed by atoms with Gasteiger partial charge in [-0.05, 0) is 46.7 Å². The molecule has 0 aliphatic heterocycles. The molecule has 0 bridgehead atoms. The second-order valence-corrected chi connectivity index (χ2v) is 5.05. The fourth-order valence-corrected chi connectivity index (χ4v) is 2.27. The quantitative estimate of drug-likeness (QED) is 0.465. The molecule has 4 nitrogen and oxygen atoms in total. The highest BCUT2D eigenvalue weighted by atomic mass is 32.1. The van der Waals surface area contributed by atoms with Crippen LogP contribution in [0, 0.1) is 5.82 Å². The van der Waals surface area contributed by atoms with Gasteiger partial charge in [0.15, 0.2) is 24.0 Å². The first-order chi connectivity index (χ1) is 10.6. The number of ether oxygens (including phenoxy) is 2. The number of ketones is 1. The monoisotopic (exact) mass is 320 g/mol. The van der Waals surface area contributed by atoms with Crippen LogP contribution in [0.3, 0.4) is 0 Å². The average Bonchev–Trinajstić information content (AvgIpc) is 3.03. The number of rotatable bonds is 6. The summed E-state index contributed by atoms with van der Waals surface area (Å²) in [5.41, 5.74) is 0.999.